The Labute approximate surface area is 70.7 Å². The fraction of sp³-hybridized carbons (Fsp3) is 0.857. The Balaban J connectivity index is 3.93. The Kier molecular flexibility index (Phi) is 5.40. The van der Waals surface area contributed by atoms with Gasteiger partial charge in [0, 0.05) is 6.61 Å². The van der Waals surface area contributed by atoms with E-state index in [1.807, 2.05) is 0 Å². The van der Waals surface area contributed by atoms with Gasteiger partial charge in [0.2, 0.25) is 0 Å². The van der Waals surface area contributed by atoms with Crippen molar-refractivity contribution in [2.45, 2.75) is 26.0 Å². The lowest BCUT2D eigenvalue weighted by Crippen LogP contribution is -2.34. The SMILES string of the molecule is CCOCC(O)[C@H](N=O)C(C)=O. The number of ketones is 1. The van der Waals surface area contributed by atoms with Crippen LogP contribution in [0.5, 0.6) is 0 Å². The Morgan fingerprint density at radius 1 is 1.67 bits per heavy atom. The molecular weight excluding hydrogens is 162 g/mol. The molecule has 0 heterocycles. The van der Waals surface area contributed by atoms with Crippen molar-refractivity contribution >= 4 is 5.78 Å². The predicted molar refractivity (Wildman–Crippen MR) is 42.8 cm³/mol. The van der Waals surface area contributed by atoms with E-state index in [2.05, 4.69) is 5.18 Å². The van der Waals surface area contributed by atoms with Gasteiger partial charge in [-0.25, -0.2) is 0 Å². The van der Waals surface area contributed by atoms with Crippen LogP contribution in [-0.2, 0) is 9.53 Å². The third-order valence-electron chi connectivity index (χ3n) is 1.39. The van der Waals surface area contributed by atoms with E-state index in [-0.39, 0.29) is 6.61 Å². The Morgan fingerprint density at radius 2 is 2.25 bits per heavy atom. The summed E-state index contributed by atoms with van der Waals surface area (Å²) in [6.07, 6.45) is -1.13. The van der Waals surface area contributed by atoms with Crippen LogP contribution in [0.2, 0.25) is 0 Å². The summed E-state index contributed by atoms with van der Waals surface area (Å²) in [4.78, 5) is 20.7. The molecule has 0 aliphatic carbocycles. The van der Waals surface area contributed by atoms with E-state index >= 15 is 0 Å². The predicted octanol–water partition coefficient (Wildman–Crippen LogP) is 0.108. The van der Waals surface area contributed by atoms with Gasteiger partial charge in [0.15, 0.2) is 11.8 Å². The van der Waals surface area contributed by atoms with Gasteiger partial charge in [-0.2, -0.15) is 0 Å². The van der Waals surface area contributed by atoms with Crippen molar-refractivity contribution in [3.8, 4) is 0 Å². The minimum absolute atomic E-state index is 0.0352. The Hall–Kier alpha value is -0.810. The second-order valence-electron chi connectivity index (χ2n) is 2.39. The average molecular weight is 175 g/mol. The van der Waals surface area contributed by atoms with Gasteiger partial charge >= 0.3 is 0 Å². The molecule has 0 fully saturated rings. The van der Waals surface area contributed by atoms with E-state index in [1.165, 1.54) is 6.92 Å². The first kappa shape index (κ1) is 11.2. The van der Waals surface area contributed by atoms with Crippen molar-refractivity contribution in [3.63, 3.8) is 0 Å². The van der Waals surface area contributed by atoms with Gasteiger partial charge in [-0.05, 0) is 13.8 Å². The van der Waals surface area contributed by atoms with Crippen molar-refractivity contribution in [2.75, 3.05) is 13.2 Å². The van der Waals surface area contributed by atoms with Gasteiger partial charge in [0.05, 0.1) is 6.61 Å². The molecule has 2 atom stereocenters. The molecule has 0 aliphatic heterocycles. The molecule has 0 amide bonds. The smallest absolute Gasteiger partial charge is 0.178 e. The van der Waals surface area contributed by atoms with E-state index < -0.39 is 17.9 Å². The topological polar surface area (TPSA) is 76.0 Å². The van der Waals surface area contributed by atoms with Crippen LogP contribution in [-0.4, -0.2) is 36.2 Å². The number of aliphatic hydroxyl groups is 1. The first-order chi connectivity index (χ1) is 5.63. The molecular formula is C7H13NO4. The number of aliphatic hydroxyl groups excluding tert-OH is 1. The summed E-state index contributed by atoms with van der Waals surface area (Å²) in [5, 5.41) is 11.7. The summed E-state index contributed by atoms with van der Waals surface area (Å²) in [5.41, 5.74) is 0. The normalized spacial score (nSPS) is 15.2. The van der Waals surface area contributed by atoms with Crippen LogP contribution in [0.15, 0.2) is 5.18 Å². The first-order valence-corrected chi connectivity index (χ1v) is 3.72. The van der Waals surface area contributed by atoms with Crippen LogP contribution in [0.25, 0.3) is 0 Å². The van der Waals surface area contributed by atoms with Gasteiger partial charge in [-0.3, -0.25) is 4.79 Å². The fourth-order valence-corrected chi connectivity index (χ4v) is 0.745. The van der Waals surface area contributed by atoms with Crippen LogP contribution >= 0.6 is 0 Å². The van der Waals surface area contributed by atoms with Crippen molar-refractivity contribution in [1.29, 1.82) is 0 Å². The third-order valence-corrected chi connectivity index (χ3v) is 1.39. The summed E-state index contributed by atoms with van der Waals surface area (Å²) >= 11 is 0. The van der Waals surface area contributed by atoms with Crippen LogP contribution in [0.3, 0.4) is 0 Å². The number of carbonyl (C=O) groups excluding carboxylic acids is 1. The molecule has 70 valence electrons. The molecule has 0 spiro atoms. The summed E-state index contributed by atoms with van der Waals surface area (Å²) in [6, 6.07) is -1.20. The highest BCUT2D eigenvalue weighted by Gasteiger charge is 2.24. The molecule has 0 aromatic rings. The zero-order chi connectivity index (χ0) is 9.56. The lowest BCUT2D eigenvalue weighted by molar-refractivity contribution is -0.121. The molecule has 0 rings (SSSR count). The highest BCUT2D eigenvalue weighted by molar-refractivity contribution is 5.82. The number of nitroso groups, excluding NO2 is 1. The maximum Gasteiger partial charge on any atom is 0.178 e. The zero-order valence-electron chi connectivity index (χ0n) is 7.19. The summed E-state index contributed by atoms with van der Waals surface area (Å²) < 4.78 is 4.83. The fourth-order valence-electron chi connectivity index (χ4n) is 0.745. The number of rotatable bonds is 6. The largest absolute Gasteiger partial charge is 0.388 e. The van der Waals surface area contributed by atoms with E-state index in [0.29, 0.717) is 6.61 Å². The number of hydrogen-bond donors (Lipinski definition) is 1. The summed E-state index contributed by atoms with van der Waals surface area (Å²) in [7, 11) is 0. The third kappa shape index (κ3) is 3.54. The van der Waals surface area contributed by atoms with Crippen molar-refractivity contribution in [3.05, 3.63) is 4.91 Å². The first-order valence-electron chi connectivity index (χ1n) is 3.72. The van der Waals surface area contributed by atoms with Crippen molar-refractivity contribution in [1.82, 2.24) is 0 Å². The molecule has 1 unspecified atom stereocenters. The number of carbonyl (C=O) groups is 1. The number of Topliss-reactive ketones (excluding diaryl/α,β-unsaturated/α-hetero) is 1. The molecule has 0 saturated heterocycles. The molecule has 0 aromatic heterocycles. The lowest BCUT2D eigenvalue weighted by atomic mass is 10.1. The number of ether oxygens (including phenoxy) is 1. The summed E-state index contributed by atoms with van der Waals surface area (Å²) in [6.45, 7) is 3.36. The molecule has 5 heteroatoms. The maximum atomic E-state index is 10.7. The highest BCUT2D eigenvalue weighted by Crippen LogP contribution is 2.01. The molecule has 0 aromatic carbocycles. The van der Waals surface area contributed by atoms with Crippen LogP contribution in [0, 0.1) is 4.91 Å². The van der Waals surface area contributed by atoms with E-state index in [4.69, 9.17) is 4.74 Å². The van der Waals surface area contributed by atoms with E-state index in [1.54, 1.807) is 6.92 Å². The number of hydrogen-bond acceptors (Lipinski definition) is 5. The van der Waals surface area contributed by atoms with Crippen molar-refractivity contribution in [2.24, 2.45) is 5.18 Å². The minimum Gasteiger partial charge on any atom is -0.388 e. The van der Waals surface area contributed by atoms with E-state index in [0.717, 1.165) is 0 Å². The molecule has 0 aliphatic rings. The average Bonchev–Trinajstić information content (AvgIpc) is 2.01. The zero-order valence-corrected chi connectivity index (χ0v) is 7.19. The second-order valence-corrected chi connectivity index (χ2v) is 2.39. The Bertz CT molecular complexity index is 159. The standard InChI is InChI=1S/C7H13NO4/c1-3-12-4-6(10)7(8-11)5(2)9/h6-7,10H,3-4H2,1-2H3/t6?,7-/m1/s1. The van der Waals surface area contributed by atoms with Gasteiger partial charge in [-0.1, -0.05) is 5.18 Å². The monoisotopic (exact) mass is 175 g/mol. The molecule has 0 saturated carbocycles. The van der Waals surface area contributed by atoms with Gasteiger partial charge in [0.1, 0.15) is 6.10 Å². The van der Waals surface area contributed by atoms with E-state index in [9.17, 15) is 14.8 Å². The molecule has 0 bridgehead atoms. The van der Waals surface area contributed by atoms with Gasteiger partial charge in [0.25, 0.3) is 0 Å². The van der Waals surface area contributed by atoms with Crippen LogP contribution in [0.1, 0.15) is 13.8 Å². The molecule has 0 radical (unpaired) electrons. The summed E-state index contributed by atoms with van der Waals surface area (Å²) in [5.74, 6) is -0.447. The quantitative estimate of drug-likeness (QED) is 0.581. The van der Waals surface area contributed by atoms with Gasteiger partial charge < -0.3 is 9.84 Å². The molecule has 1 N–H and O–H groups in total. The second kappa shape index (κ2) is 5.79. The van der Waals surface area contributed by atoms with Gasteiger partial charge in [-0.15, -0.1) is 4.91 Å². The maximum absolute atomic E-state index is 10.7. The number of nitrogens with zero attached hydrogens (tertiary/aromatic N) is 1. The van der Waals surface area contributed by atoms with Crippen LogP contribution in [0.4, 0.5) is 0 Å². The lowest BCUT2D eigenvalue weighted by Gasteiger charge is -2.12. The highest BCUT2D eigenvalue weighted by atomic mass is 16.5. The van der Waals surface area contributed by atoms with Crippen LogP contribution < -0.4 is 0 Å². The molecule has 5 nitrogen and oxygen atoms in total. The minimum atomic E-state index is -1.20. The Morgan fingerprint density at radius 3 is 2.58 bits per heavy atom. The van der Waals surface area contributed by atoms with Crippen molar-refractivity contribution < 1.29 is 14.6 Å². The molecule has 12 heavy (non-hydrogen) atoms.